The van der Waals surface area contributed by atoms with Crippen LogP contribution >= 0.6 is 12.2 Å². The second-order valence-corrected chi connectivity index (χ2v) is 4.55. The van der Waals surface area contributed by atoms with E-state index in [1.807, 2.05) is 24.3 Å². The topological polar surface area (TPSA) is 68.6 Å². The molecule has 2 aromatic rings. The molecule has 18 heavy (non-hydrogen) atoms. The van der Waals surface area contributed by atoms with Gasteiger partial charge in [0.25, 0.3) is 0 Å². The Morgan fingerprint density at radius 2 is 2.22 bits per heavy atom. The van der Waals surface area contributed by atoms with E-state index in [1.54, 1.807) is 6.92 Å². The Morgan fingerprint density at radius 1 is 1.50 bits per heavy atom. The number of para-hydroxylation sites is 1. The van der Waals surface area contributed by atoms with Crippen molar-refractivity contribution in [2.24, 2.45) is 5.73 Å². The largest absolute Gasteiger partial charge is 0.489 e. The number of aliphatic hydroxyl groups excluding tert-OH is 1. The number of hydrogen-bond donors (Lipinski definition) is 2. The van der Waals surface area contributed by atoms with Crippen LogP contribution in [0.5, 0.6) is 5.75 Å². The Morgan fingerprint density at radius 3 is 2.89 bits per heavy atom. The highest BCUT2D eigenvalue weighted by atomic mass is 32.1. The SMILES string of the molecule is CC(O)CCOc1c(C(N)=S)oc2ccccc12. The zero-order valence-corrected chi connectivity index (χ0v) is 10.9. The highest BCUT2D eigenvalue weighted by Gasteiger charge is 2.17. The number of thiocarbonyl (C=S) groups is 1. The van der Waals surface area contributed by atoms with Crippen molar-refractivity contribution in [2.45, 2.75) is 19.4 Å². The summed E-state index contributed by atoms with van der Waals surface area (Å²) in [5.41, 5.74) is 6.31. The molecule has 0 saturated carbocycles. The Labute approximate surface area is 110 Å². The fraction of sp³-hybridized carbons (Fsp3) is 0.308. The smallest absolute Gasteiger partial charge is 0.204 e. The van der Waals surface area contributed by atoms with Gasteiger partial charge in [0.15, 0.2) is 5.75 Å². The summed E-state index contributed by atoms with van der Waals surface area (Å²) in [6, 6.07) is 7.48. The van der Waals surface area contributed by atoms with E-state index < -0.39 is 6.10 Å². The van der Waals surface area contributed by atoms with E-state index in [-0.39, 0.29) is 4.99 Å². The van der Waals surface area contributed by atoms with Crippen LogP contribution in [0.25, 0.3) is 11.0 Å². The minimum atomic E-state index is -0.406. The summed E-state index contributed by atoms with van der Waals surface area (Å²) < 4.78 is 11.2. The van der Waals surface area contributed by atoms with Crippen molar-refractivity contribution < 1.29 is 14.3 Å². The molecule has 0 saturated heterocycles. The average molecular weight is 265 g/mol. The highest BCUT2D eigenvalue weighted by molar-refractivity contribution is 7.80. The summed E-state index contributed by atoms with van der Waals surface area (Å²) in [5.74, 6) is 0.940. The van der Waals surface area contributed by atoms with E-state index in [0.29, 0.717) is 30.1 Å². The summed E-state index contributed by atoms with van der Waals surface area (Å²) in [6.45, 7) is 2.10. The molecule has 0 aliphatic heterocycles. The molecule has 5 heteroatoms. The van der Waals surface area contributed by atoms with Crippen LogP contribution in [0.4, 0.5) is 0 Å². The van der Waals surface area contributed by atoms with Crippen molar-refractivity contribution in [2.75, 3.05) is 6.61 Å². The zero-order valence-electron chi connectivity index (χ0n) is 10.1. The molecule has 1 atom stereocenters. The number of benzene rings is 1. The van der Waals surface area contributed by atoms with Crippen LogP contribution in [0, 0.1) is 0 Å². The van der Waals surface area contributed by atoms with Crippen molar-refractivity contribution in [3.63, 3.8) is 0 Å². The number of nitrogens with two attached hydrogens (primary N) is 1. The van der Waals surface area contributed by atoms with Gasteiger partial charge in [0, 0.05) is 6.42 Å². The van der Waals surface area contributed by atoms with E-state index >= 15 is 0 Å². The third-order valence-corrected chi connectivity index (χ3v) is 2.74. The van der Waals surface area contributed by atoms with Crippen molar-refractivity contribution in [1.82, 2.24) is 0 Å². The number of furan rings is 1. The second-order valence-electron chi connectivity index (χ2n) is 4.11. The van der Waals surface area contributed by atoms with E-state index in [4.69, 9.17) is 27.1 Å². The fourth-order valence-electron chi connectivity index (χ4n) is 1.66. The van der Waals surface area contributed by atoms with Gasteiger partial charge in [-0.15, -0.1) is 0 Å². The molecule has 1 unspecified atom stereocenters. The Bertz CT molecular complexity index is 562. The third-order valence-electron chi connectivity index (χ3n) is 2.56. The summed E-state index contributed by atoms with van der Waals surface area (Å²) in [6.07, 6.45) is 0.132. The van der Waals surface area contributed by atoms with Gasteiger partial charge < -0.3 is 20.0 Å². The standard InChI is InChI=1S/C13H15NO3S/c1-8(15)6-7-16-11-9-4-2-3-5-10(9)17-12(11)13(14)18/h2-5,8,15H,6-7H2,1H3,(H2,14,18). The predicted octanol–water partition coefficient (Wildman–Crippen LogP) is 2.22. The lowest BCUT2D eigenvalue weighted by molar-refractivity contribution is 0.155. The molecular formula is C13H15NO3S. The van der Waals surface area contributed by atoms with Crippen LogP contribution in [0.15, 0.2) is 28.7 Å². The second kappa shape index (κ2) is 5.37. The molecule has 0 aliphatic carbocycles. The first-order chi connectivity index (χ1) is 8.59. The number of aliphatic hydroxyl groups is 1. The molecule has 1 heterocycles. The van der Waals surface area contributed by atoms with Crippen molar-refractivity contribution >= 4 is 28.2 Å². The molecule has 1 aromatic heterocycles. The molecule has 0 spiro atoms. The fourth-order valence-corrected chi connectivity index (χ4v) is 1.79. The van der Waals surface area contributed by atoms with Gasteiger partial charge in [-0.1, -0.05) is 24.4 Å². The molecule has 0 radical (unpaired) electrons. The third kappa shape index (κ3) is 2.63. The first-order valence-electron chi connectivity index (χ1n) is 5.71. The molecule has 3 N–H and O–H groups in total. The van der Waals surface area contributed by atoms with E-state index in [1.165, 1.54) is 0 Å². The molecule has 96 valence electrons. The maximum atomic E-state index is 9.22. The van der Waals surface area contributed by atoms with Crippen LogP contribution < -0.4 is 10.5 Å². The number of fused-ring (bicyclic) bond motifs is 1. The van der Waals surface area contributed by atoms with Crippen LogP contribution in [0.1, 0.15) is 19.1 Å². The van der Waals surface area contributed by atoms with Gasteiger partial charge in [0.1, 0.15) is 10.6 Å². The number of rotatable bonds is 5. The lowest BCUT2D eigenvalue weighted by Crippen LogP contribution is -2.12. The Balaban J connectivity index is 2.33. The Hall–Kier alpha value is -1.59. The normalized spacial score (nSPS) is 12.6. The zero-order chi connectivity index (χ0) is 13.1. The van der Waals surface area contributed by atoms with Crippen LogP contribution in [0.2, 0.25) is 0 Å². The van der Waals surface area contributed by atoms with E-state index in [0.717, 1.165) is 5.39 Å². The van der Waals surface area contributed by atoms with Crippen molar-refractivity contribution in [1.29, 1.82) is 0 Å². The summed E-state index contributed by atoms with van der Waals surface area (Å²) >= 11 is 4.95. The maximum Gasteiger partial charge on any atom is 0.204 e. The van der Waals surface area contributed by atoms with Crippen LogP contribution in [-0.4, -0.2) is 22.8 Å². The maximum absolute atomic E-state index is 9.22. The van der Waals surface area contributed by atoms with Gasteiger partial charge in [-0.05, 0) is 19.1 Å². The van der Waals surface area contributed by atoms with Gasteiger partial charge >= 0.3 is 0 Å². The predicted molar refractivity (Wildman–Crippen MR) is 73.9 cm³/mol. The van der Waals surface area contributed by atoms with Gasteiger partial charge in [0.2, 0.25) is 5.76 Å². The molecule has 0 amide bonds. The van der Waals surface area contributed by atoms with Gasteiger partial charge in [-0.3, -0.25) is 0 Å². The average Bonchev–Trinajstić information content (AvgIpc) is 2.68. The minimum absolute atomic E-state index is 0.165. The molecule has 2 rings (SSSR count). The first kappa shape index (κ1) is 12.9. The molecule has 4 nitrogen and oxygen atoms in total. The van der Waals surface area contributed by atoms with E-state index in [9.17, 15) is 5.11 Å². The van der Waals surface area contributed by atoms with Gasteiger partial charge in [-0.25, -0.2) is 0 Å². The molecular weight excluding hydrogens is 250 g/mol. The molecule has 0 bridgehead atoms. The summed E-state index contributed by atoms with van der Waals surface area (Å²) in [5, 5.41) is 10.1. The quantitative estimate of drug-likeness (QED) is 0.811. The summed E-state index contributed by atoms with van der Waals surface area (Å²) in [7, 11) is 0. The first-order valence-corrected chi connectivity index (χ1v) is 6.12. The van der Waals surface area contributed by atoms with Crippen molar-refractivity contribution in [3.8, 4) is 5.75 Å². The minimum Gasteiger partial charge on any atom is -0.489 e. The van der Waals surface area contributed by atoms with E-state index in [2.05, 4.69) is 0 Å². The highest BCUT2D eigenvalue weighted by Crippen LogP contribution is 2.33. The van der Waals surface area contributed by atoms with Crippen LogP contribution in [-0.2, 0) is 0 Å². The number of hydrogen-bond acceptors (Lipinski definition) is 4. The molecule has 0 aliphatic rings. The molecule has 1 aromatic carbocycles. The Kier molecular flexibility index (Phi) is 3.84. The lowest BCUT2D eigenvalue weighted by Gasteiger charge is -2.07. The lowest BCUT2D eigenvalue weighted by atomic mass is 10.2. The monoisotopic (exact) mass is 265 g/mol. The van der Waals surface area contributed by atoms with Crippen molar-refractivity contribution in [3.05, 3.63) is 30.0 Å². The number of ether oxygens (including phenoxy) is 1. The van der Waals surface area contributed by atoms with Gasteiger partial charge in [0.05, 0.1) is 18.1 Å². The summed E-state index contributed by atoms with van der Waals surface area (Å²) in [4.78, 5) is 0.165. The molecule has 0 fully saturated rings. The van der Waals surface area contributed by atoms with Gasteiger partial charge in [-0.2, -0.15) is 0 Å². The van der Waals surface area contributed by atoms with Crippen LogP contribution in [0.3, 0.4) is 0 Å².